The van der Waals surface area contributed by atoms with Gasteiger partial charge < -0.3 is 15.2 Å². The van der Waals surface area contributed by atoms with Crippen molar-refractivity contribution in [2.45, 2.75) is 26.5 Å². The van der Waals surface area contributed by atoms with Crippen LogP contribution in [0, 0.1) is 10.1 Å². The topological polar surface area (TPSA) is 81.2 Å². The van der Waals surface area contributed by atoms with Crippen LogP contribution in [-0.2, 0) is 6.61 Å². The van der Waals surface area contributed by atoms with Crippen LogP contribution in [-0.4, -0.2) is 19.8 Å². The second-order valence-electron chi connectivity index (χ2n) is 2.97. The Balaban J connectivity index is 3.11. The van der Waals surface area contributed by atoms with E-state index in [4.69, 9.17) is 5.11 Å². The molecule has 1 rings (SSSR count). The van der Waals surface area contributed by atoms with E-state index in [0.29, 0.717) is 0 Å². The minimum atomic E-state index is -0.593. The summed E-state index contributed by atoms with van der Waals surface area (Å²) in [6.07, 6.45) is 1.49. The third-order valence-corrected chi connectivity index (χ3v) is 1.66. The average molecular weight is 185 g/mol. The van der Waals surface area contributed by atoms with E-state index < -0.39 is 4.92 Å². The summed E-state index contributed by atoms with van der Waals surface area (Å²) in [5.41, 5.74) is 0.249. The molecule has 0 amide bonds. The molecule has 0 unspecified atom stereocenters. The minimum Gasteiger partial charge on any atom is -0.391 e. The summed E-state index contributed by atoms with van der Waals surface area (Å²) in [4.78, 5) is 9.84. The van der Waals surface area contributed by atoms with E-state index in [1.54, 1.807) is 0 Å². The highest BCUT2D eigenvalue weighted by Gasteiger charge is 2.20. The van der Waals surface area contributed by atoms with Crippen molar-refractivity contribution in [3.05, 3.63) is 21.9 Å². The van der Waals surface area contributed by atoms with Gasteiger partial charge in [0.05, 0.1) is 29.5 Å². The Bertz CT molecular complexity index is 319. The summed E-state index contributed by atoms with van der Waals surface area (Å²) < 4.78 is 1.46. The lowest BCUT2D eigenvalue weighted by Crippen LogP contribution is -2.01. The van der Waals surface area contributed by atoms with Gasteiger partial charge in [-0.15, -0.1) is 0 Å². The molecular weight excluding hydrogens is 174 g/mol. The zero-order chi connectivity index (χ0) is 10.0. The molecule has 0 fully saturated rings. The highest BCUT2D eigenvalue weighted by atomic mass is 16.6. The number of hydrogen-bond donors (Lipinski definition) is 1. The molecule has 0 atom stereocenters. The minimum absolute atomic E-state index is 0.0546. The summed E-state index contributed by atoms with van der Waals surface area (Å²) in [5, 5.41) is 23.0. The van der Waals surface area contributed by atoms with Gasteiger partial charge in [0.25, 0.3) is 0 Å². The van der Waals surface area contributed by atoms with Crippen molar-refractivity contribution >= 4 is 5.82 Å². The first kappa shape index (κ1) is 9.66. The van der Waals surface area contributed by atoms with E-state index in [1.165, 1.54) is 10.9 Å². The Kier molecular flexibility index (Phi) is 2.62. The van der Waals surface area contributed by atoms with Crippen molar-refractivity contribution in [2.24, 2.45) is 0 Å². The molecule has 6 heteroatoms. The van der Waals surface area contributed by atoms with E-state index >= 15 is 0 Å². The number of nitro groups is 1. The molecule has 0 aliphatic rings. The molecule has 0 aliphatic heterocycles. The second-order valence-corrected chi connectivity index (χ2v) is 2.97. The monoisotopic (exact) mass is 185 g/mol. The Hall–Kier alpha value is -1.43. The summed E-state index contributed by atoms with van der Waals surface area (Å²) in [7, 11) is 0. The van der Waals surface area contributed by atoms with Gasteiger partial charge in [-0.1, -0.05) is 0 Å². The summed E-state index contributed by atoms with van der Waals surface area (Å²) in [6, 6.07) is 0.0546. The molecule has 13 heavy (non-hydrogen) atoms. The predicted octanol–water partition coefficient (Wildman–Crippen LogP) is 0.864. The van der Waals surface area contributed by atoms with Gasteiger partial charge >= 0.3 is 5.82 Å². The number of rotatable bonds is 3. The van der Waals surface area contributed by atoms with Crippen molar-refractivity contribution in [1.29, 1.82) is 0 Å². The molecule has 0 bridgehead atoms. The fourth-order valence-corrected chi connectivity index (χ4v) is 0.950. The molecule has 6 nitrogen and oxygen atoms in total. The normalized spacial score (nSPS) is 10.8. The molecule has 1 N–H and O–H groups in total. The van der Waals surface area contributed by atoms with Gasteiger partial charge in [-0.2, -0.15) is 4.68 Å². The van der Waals surface area contributed by atoms with Gasteiger partial charge in [0.15, 0.2) is 0 Å². The molecule has 1 aromatic heterocycles. The van der Waals surface area contributed by atoms with Crippen LogP contribution < -0.4 is 0 Å². The van der Waals surface area contributed by atoms with Crippen LogP contribution in [0.2, 0.25) is 0 Å². The molecule has 72 valence electrons. The molecule has 1 heterocycles. The Morgan fingerprint density at radius 1 is 1.77 bits per heavy atom. The first-order chi connectivity index (χ1) is 6.06. The number of nitrogens with zero attached hydrogens (tertiary/aromatic N) is 3. The van der Waals surface area contributed by atoms with Gasteiger partial charge in [0.2, 0.25) is 0 Å². The fraction of sp³-hybridized carbons (Fsp3) is 0.571. The molecule has 0 radical (unpaired) electrons. The molecule has 0 saturated heterocycles. The standard InChI is InChI=1S/C7H11N3O3/c1-5(2)9-3-6(4-11)7(8-9)10(12)13/h3,5,11H,4H2,1-2H3. The van der Waals surface area contributed by atoms with Gasteiger partial charge in [-0.05, 0) is 18.8 Å². The summed E-state index contributed by atoms with van der Waals surface area (Å²) in [5.74, 6) is -0.267. The van der Waals surface area contributed by atoms with Crippen LogP contribution in [0.4, 0.5) is 5.82 Å². The molecule has 0 spiro atoms. The van der Waals surface area contributed by atoms with Crippen molar-refractivity contribution in [2.75, 3.05) is 0 Å². The lowest BCUT2D eigenvalue weighted by Gasteiger charge is -1.96. The summed E-state index contributed by atoms with van der Waals surface area (Å²) >= 11 is 0. The zero-order valence-corrected chi connectivity index (χ0v) is 7.47. The van der Waals surface area contributed by atoms with Gasteiger partial charge in [0, 0.05) is 0 Å². The van der Waals surface area contributed by atoms with Crippen LogP contribution in [0.15, 0.2) is 6.20 Å². The molecule has 0 aromatic carbocycles. The van der Waals surface area contributed by atoms with Crippen molar-refractivity contribution < 1.29 is 10.0 Å². The van der Waals surface area contributed by atoms with Crippen LogP contribution in [0.25, 0.3) is 0 Å². The van der Waals surface area contributed by atoms with Crippen LogP contribution >= 0.6 is 0 Å². The lowest BCUT2D eigenvalue weighted by atomic mass is 10.3. The quantitative estimate of drug-likeness (QED) is 0.559. The summed E-state index contributed by atoms with van der Waals surface area (Å²) in [6.45, 7) is 3.36. The number of hydrogen-bond acceptors (Lipinski definition) is 4. The Morgan fingerprint density at radius 3 is 2.69 bits per heavy atom. The van der Waals surface area contributed by atoms with Crippen molar-refractivity contribution in [3.8, 4) is 0 Å². The van der Waals surface area contributed by atoms with Crippen molar-refractivity contribution in [1.82, 2.24) is 9.78 Å². The second kappa shape index (κ2) is 3.53. The first-order valence-corrected chi connectivity index (χ1v) is 3.89. The lowest BCUT2D eigenvalue weighted by molar-refractivity contribution is -0.390. The Labute approximate surface area is 74.9 Å². The number of aliphatic hydroxyl groups excluding tert-OH is 1. The number of aromatic nitrogens is 2. The predicted molar refractivity (Wildman–Crippen MR) is 45.2 cm³/mol. The van der Waals surface area contributed by atoms with E-state index in [2.05, 4.69) is 5.10 Å². The zero-order valence-electron chi connectivity index (χ0n) is 7.47. The fourth-order valence-electron chi connectivity index (χ4n) is 0.950. The largest absolute Gasteiger partial charge is 0.395 e. The van der Waals surface area contributed by atoms with E-state index in [0.717, 1.165) is 0 Å². The third-order valence-electron chi connectivity index (χ3n) is 1.66. The van der Waals surface area contributed by atoms with Gasteiger partial charge in [-0.3, -0.25) is 0 Å². The smallest absolute Gasteiger partial charge is 0.391 e. The molecular formula is C7H11N3O3. The Morgan fingerprint density at radius 2 is 2.38 bits per heavy atom. The van der Waals surface area contributed by atoms with Gasteiger partial charge in [0.1, 0.15) is 0 Å². The average Bonchev–Trinajstić information content (AvgIpc) is 2.47. The van der Waals surface area contributed by atoms with Crippen LogP contribution in [0.5, 0.6) is 0 Å². The maximum atomic E-state index is 10.4. The SMILES string of the molecule is CC(C)n1cc(CO)c([N+](=O)[O-])n1. The van der Waals surface area contributed by atoms with Crippen molar-refractivity contribution in [3.63, 3.8) is 0 Å². The maximum absolute atomic E-state index is 10.4. The highest BCUT2D eigenvalue weighted by molar-refractivity contribution is 5.29. The van der Waals surface area contributed by atoms with Gasteiger partial charge in [-0.25, -0.2) is 0 Å². The maximum Gasteiger partial charge on any atom is 0.395 e. The van der Waals surface area contributed by atoms with E-state index in [9.17, 15) is 10.1 Å². The van der Waals surface area contributed by atoms with E-state index in [-0.39, 0.29) is 24.0 Å². The van der Waals surface area contributed by atoms with E-state index in [1.807, 2.05) is 13.8 Å². The third kappa shape index (κ3) is 1.83. The molecule has 0 aliphatic carbocycles. The van der Waals surface area contributed by atoms with Crippen LogP contribution in [0.1, 0.15) is 25.5 Å². The molecule has 0 saturated carbocycles. The first-order valence-electron chi connectivity index (χ1n) is 3.89. The molecule has 1 aromatic rings. The number of aliphatic hydroxyl groups is 1. The van der Waals surface area contributed by atoms with Crippen LogP contribution in [0.3, 0.4) is 0 Å². The highest BCUT2D eigenvalue weighted by Crippen LogP contribution is 2.17.